The van der Waals surface area contributed by atoms with Gasteiger partial charge in [0, 0.05) is 16.4 Å². The Bertz CT molecular complexity index is 419. The number of hydrogen-bond acceptors (Lipinski definition) is 2. The predicted molar refractivity (Wildman–Crippen MR) is 76.0 cm³/mol. The van der Waals surface area contributed by atoms with Crippen LogP contribution in [0.1, 0.15) is 24.2 Å². The number of benzene rings is 1. The first-order chi connectivity index (χ1) is 7.89. The molecule has 0 saturated carbocycles. The fraction of sp³-hybridized carbons (Fsp3) is 0.417. The fourth-order valence-electron chi connectivity index (χ4n) is 1.22. The van der Waals surface area contributed by atoms with Crippen LogP contribution in [0.25, 0.3) is 0 Å². The van der Waals surface area contributed by atoms with Gasteiger partial charge in [0.25, 0.3) is 5.91 Å². The molecular weight excluding hydrogens is 350 g/mol. The van der Waals surface area contributed by atoms with Crippen molar-refractivity contribution in [2.75, 3.05) is 12.4 Å². The van der Waals surface area contributed by atoms with Gasteiger partial charge in [-0.25, -0.2) is 0 Å². The first-order valence-electron chi connectivity index (χ1n) is 5.11. The van der Waals surface area contributed by atoms with E-state index in [1.807, 2.05) is 13.8 Å². The van der Waals surface area contributed by atoms with E-state index in [1.54, 1.807) is 25.3 Å². The summed E-state index contributed by atoms with van der Waals surface area (Å²) >= 11 is 6.72. The van der Waals surface area contributed by atoms with Crippen molar-refractivity contribution in [1.29, 1.82) is 0 Å². The standard InChI is InChI=1S/C12H15Br2NO2/c1-12(2,7-13)15-11(16)8-4-5-10(17-3)9(14)6-8/h4-6H,7H2,1-3H3,(H,15,16). The molecule has 1 aromatic rings. The molecule has 0 aliphatic heterocycles. The summed E-state index contributed by atoms with van der Waals surface area (Å²) in [6, 6.07) is 5.25. The van der Waals surface area contributed by atoms with Gasteiger partial charge in [0.1, 0.15) is 5.75 Å². The Balaban J connectivity index is 2.87. The van der Waals surface area contributed by atoms with Gasteiger partial charge in [-0.15, -0.1) is 0 Å². The number of carbonyl (C=O) groups excluding carboxylic acids is 1. The van der Waals surface area contributed by atoms with E-state index in [4.69, 9.17) is 4.74 Å². The molecule has 1 aromatic carbocycles. The molecule has 0 saturated heterocycles. The molecule has 3 nitrogen and oxygen atoms in total. The molecular formula is C12H15Br2NO2. The van der Waals surface area contributed by atoms with E-state index in [0.717, 1.165) is 4.47 Å². The minimum atomic E-state index is -0.274. The summed E-state index contributed by atoms with van der Waals surface area (Å²) in [4.78, 5) is 12.0. The van der Waals surface area contributed by atoms with Crippen molar-refractivity contribution in [3.63, 3.8) is 0 Å². The molecule has 1 rings (SSSR count). The molecule has 0 aliphatic carbocycles. The highest BCUT2D eigenvalue weighted by molar-refractivity contribution is 9.10. The summed E-state index contributed by atoms with van der Waals surface area (Å²) in [5, 5.41) is 3.64. The van der Waals surface area contributed by atoms with E-state index >= 15 is 0 Å². The van der Waals surface area contributed by atoms with Crippen LogP contribution < -0.4 is 10.1 Å². The lowest BCUT2D eigenvalue weighted by Crippen LogP contribution is -2.44. The topological polar surface area (TPSA) is 38.3 Å². The summed E-state index contributed by atoms with van der Waals surface area (Å²) in [6.07, 6.45) is 0. The first-order valence-corrected chi connectivity index (χ1v) is 7.03. The molecule has 0 bridgehead atoms. The van der Waals surface area contributed by atoms with E-state index in [9.17, 15) is 4.79 Å². The molecule has 0 radical (unpaired) electrons. The number of ether oxygens (including phenoxy) is 1. The van der Waals surface area contributed by atoms with E-state index in [2.05, 4.69) is 37.2 Å². The molecule has 0 fully saturated rings. The van der Waals surface area contributed by atoms with Crippen LogP contribution >= 0.6 is 31.9 Å². The summed E-state index contributed by atoms with van der Waals surface area (Å²) in [5.74, 6) is 0.610. The quantitative estimate of drug-likeness (QED) is 0.832. The summed E-state index contributed by atoms with van der Waals surface area (Å²) in [6.45, 7) is 3.91. The zero-order valence-corrected chi connectivity index (χ0v) is 13.2. The van der Waals surface area contributed by atoms with Crippen molar-refractivity contribution in [3.8, 4) is 5.75 Å². The van der Waals surface area contributed by atoms with Crippen LogP contribution in [-0.4, -0.2) is 23.9 Å². The second-order valence-corrected chi connectivity index (χ2v) is 5.74. The van der Waals surface area contributed by atoms with Crippen molar-refractivity contribution in [3.05, 3.63) is 28.2 Å². The molecule has 0 spiro atoms. The van der Waals surface area contributed by atoms with Crippen molar-refractivity contribution < 1.29 is 9.53 Å². The minimum absolute atomic E-state index is 0.0993. The maximum atomic E-state index is 12.0. The third-order valence-corrected chi connectivity index (χ3v) is 4.22. The van der Waals surface area contributed by atoms with Crippen molar-refractivity contribution >= 4 is 37.8 Å². The van der Waals surface area contributed by atoms with E-state index in [0.29, 0.717) is 16.6 Å². The van der Waals surface area contributed by atoms with Gasteiger partial charge in [0.15, 0.2) is 0 Å². The Hall–Kier alpha value is -0.550. The zero-order chi connectivity index (χ0) is 13.1. The highest BCUT2D eigenvalue weighted by atomic mass is 79.9. The van der Waals surface area contributed by atoms with Crippen LogP contribution in [0.2, 0.25) is 0 Å². The average Bonchev–Trinajstić information content (AvgIpc) is 2.28. The van der Waals surface area contributed by atoms with E-state index in [-0.39, 0.29) is 11.4 Å². The molecule has 5 heteroatoms. The smallest absolute Gasteiger partial charge is 0.251 e. The Morgan fingerprint density at radius 2 is 2.12 bits per heavy atom. The molecule has 0 unspecified atom stereocenters. The molecule has 1 amide bonds. The number of alkyl halides is 1. The number of hydrogen-bond donors (Lipinski definition) is 1. The number of amides is 1. The maximum absolute atomic E-state index is 12.0. The van der Waals surface area contributed by atoms with E-state index in [1.165, 1.54) is 0 Å². The molecule has 0 atom stereocenters. The first kappa shape index (κ1) is 14.5. The van der Waals surface area contributed by atoms with Gasteiger partial charge in [0.05, 0.1) is 11.6 Å². The summed E-state index contributed by atoms with van der Waals surface area (Å²) in [5.41, 5.74) is 0.329. The third-order valence-electron chi connectivity index (χ3n) is 2.20. The van der Waals surface area contributed by atoms with Crippen LogP contribution in [0.3, 0.4) is 0 Å². The Kier molecular flexibility index (Phi) is 5.01. The molecule has 1 N–H and O–H groups in total. The van der Waals surface area contributed by atoms with Gasteiger partial charge in [-0.1, -0.05) is 15.9 Å². The van der Waals surface area contributed by atoms with Gasteiger partial charge < -0.3 is 10.1 Å². The lowest BCUT2D eigenvalue weighted by Gasteiger charge is -2.23. The largest absolute Gasteiger partial charge is 0.496 e. The highest BCUT2D eigenvalue weighted by Crippen LogP contribution is 2.25. The molecule has 0 aliphatic rings. The number of methoxy groups -OCH3 is 1. The Labute approximate surface area is 118 Å². The van der Waals surface area contributed by atoms with Crippen LogP contribution in [0, 0.1) is 0 Å². The van der Waals surface area contributed by atoms with Crippen molar-refractivity contribution in [2.24, 2.45) is 0 Å². The second-order valence-electron chi connectivity index (χ2n) is 4.32. The highest BCUT2D eigenvalue weighted by Gasteiger charge is 2.20. The van der Waals surface area contributed by atoms with Crippen LogP contribution in [0.4, 0.5) is 0 Å². The van der Waals surface area contributed by atoms with E-state index < -0.39 is 0 Å². The minimum Gasteiger partial charge on any atom is -0.496 e. The molecule has 94 valence electrons. The summed E-state index contributed by atoms with van der Waals surface area (Å²) < 4.78 is 5.88. The molecule has 0 aromatic heterocycles. The second kappa shape index (κ2) is 5.87. The average molecular weight is 365 g/mol. The lowest BCUT2D eigenvalue weighted by atomic mass is 10.1. The van der Waals surface area contributed by atoms with Crippen molar-refractivity contribution in [2.45, 2.75) is 19.4 Å². The predicted octanol–water partition coefficient (Wildman–Crippen LogP) is 3.36. The number of carbonyl (C=O) groups is 1. The fourth-order valence-corrected chi connectivity index (χ4v) is 1.90. The Morgan fingerprint density at radius 1 is 1.47 bits per heavy atom. The zero-order valence-electron chi connectivity index (χ0n) is 10.0. The monoisotopic (exact) mass is 363 g/mol. The SMILES string of the molecule is COc1ccc(C(=O)NC(C)(C)CBr)cc1Br. The van der Waals surface area contributed by atoms with Crippen molar-refractivity contribution in [1.82, 2.24) is 5.32 Å². The van der Waals surface area contributed by atoms with Crippen LogP contribution in [0.5, 0.6) is 5.75 Å². The van der Waals surface area contributed by atoms with Crippen LogP contribution in [-0.2, 0) is 0 Å². The van der Waals surface area contributed by atoms with Crippen LogP contribution in [0.15, 0.2) is 22.7 Å². The third kappa shape index (κ3) is 4.00. The van der Waals surface area contributed by atoms with Gasteiger partial charge >= 0.3 is 0 Å². The molecule has 0 heterocycles. The normalized spacial score (nSPS) is 11.1. The number of nitrogens with one attached hydrogen (secondary N) is 1. The van der Waals surface area contributed by atoms with Gasteiger partial charge in [-0.3, -0.25) is 4.79 Å². The number of rotatable bonds is 4. The van der Waals surface area contributed by atoms with Gasteiger partial charge in [0.2, 0.25) is 0 Å². The van der Waals surface area contributed by atoms with Gasteiger partial charge in [-0.2, -0.15) is 0 Å². The lowest BCUT2D eigenvalue weighted by molar-refractivity contribution is 0.0921. The number of halogens is 2. The maximum Gasteiger partial charge on any atom is 0.251 e. The Morgan fingerprint density at radius 3 is 2.59 bits per heavy atom. The van der Waals surface area contributed by atoms with Gasteiger partial charge in [-0.05, 0) is 48.0 Å². The summed E-state index contributed by atoms with van der Waals surface area (Å²) in [7, 11) is 1.59. The molecule has 17 heavy (non-hydrogen) atoms.